The molecule has 98 valence electrons. The number of pyridine rings is 1. The van der Waals surface area contributed by atoms with Gasteiger partial charge in [0.15, 0.2) is 0 Å². The van der Waals surface area contributed by atoms with Crippen molar-refractivity contribution in [3.8, 4) is 6.07 Å². The van der Waals surface area contributed by atoms with Gasteiger partial charge in [0.1, 0.15) is 0 Å². The Morgan fingerprint density at radius 1 is 1.39 bits per heavy atom. The summed E-state index contributed by atoms with van der Waals surface area (Å²) in [5.41, 5.74) is -0.291. The molecular weight excluding hydrogens is 360 g/mol. The average molecular weight is 376 g/mol. The number of hydrogen-bond donors (Lipinski definition) is 0. The van der Waals surface area contributed by atoms with Crippen molar-refractivity contribution in [1.82, 2.24) is 4.57 Å². The third kappa shape index (κ3) is 4.58. The fourth-order valence-electron chi connectivity index (χ4n) is 1.64. The van der Waals surface area contributed by atoms with E-state index in [9.17, 15) is 4.79 Å². The number of aromatic nitrogens is 1. The van der Waals surface area contributed by atoms with Crippen molar-refractivity contribution in [1.29, 1.82) is 5.26 Å². The van der Waals surface area contributed by atoms with Crippen LogP contribution in [0.15, 0.2) is 26.0 Å². The normalized spacial score (nSPS) is 11.3. The Morgan fingerprint density at radius 3 is 2.67 bits per heavy atom. The number of unbranched alkanes of at least 4 members (excludes halogenated alkanes) is 1. The molecule has 5 heteroatoms. The molecule has 1 rings (SSSR count). The first-order valence-electron chi connectivity index (χ1n) is 5.82. The van der Waals surface area contributed by atoms with Crippen LogP contribution >= 0.6 is 31.9 Å². The zero-order chi connectivity index (χ0) is 13.8. The second kappa shape index (κ2) is 6.53. The van der Waals surface area contributed by atoms with Crippen molar-refractivity contribution >= 4 is 31.9 Å². The number of rotatable bonds is 5. The minimum atomic E-state index is -0.275. The van der Waals surface area contributed by atoms with Crippen molar-refractivity contribution < 1.29 is 0 Å². The lowest BCUT2D eigenvalue weighted by atomic mass is 9.89. The van der Waals surface area contributed by atoms with E-state index in [-0.39, 0.29) is 11.0 Å². The summed E-state index contributed by atoms with van der Waals surface area (Å²) in [4.78, 5) is 11.8. The highest BCUT2D eigenvalue weighted by atomic mass is 79.9. The lowest BCUT2D eigenvalue weighted by Gasteiger charge is -2.14. The van der Waals surface area contributed by atoms with Gasteiger partial charge in [0.05, 0.1) is 16.0 Å². The van der Waals surface area contributed by atoms with Crippen molar-refractivity contribution in [2.45, 2.75) is 39.7 Å². The number of nitriles is 1. The molecule has 0 radical (unpaired) electrons. The van der Waals surface area contributed by atoms with Crippen molar-refractivity contribution in [2.75, 3.05) is 0 Å². The summed E-state index contributed by atoms with van der Waals surface area (Å²) in [5.74, 6) is 0. The van der Waals surface area contributed by atoms with Crippen molar-refractivity contribution in [3.05, 3.63) is 31.6 Å². The molecule has 0 spiro atoms. The van der Waals surface area contributed by atoms with Crippen LogP contribution in [0.25, 0.3) is 0 Å². The van der Waals surface area contributed by atoms with Crippen LogP contribution in [0.4, 0.5) is 0 Å². The first-order chi connectivity index (χ1) is 8.35. The highest BCUT2D eigenvalue weighted by molar-refractivity contribution is 9.11. The molecule has 0 saturated heterocycles. The van der Waals surface area contributed by atoms with E-state index < -0.39 is 0 Å². The van der Waals surface area contributed by atoms with Gasteiger partial charge in [-0.3, -0.25) is 4.79 Å². The molecule has 0 aromatic carbocycles. The lowest BCUT2D eigenvalue weighted by molar-refractivity contribution is 0.415. The minimum absolute atomic E-state index is 0.0160. The van der Waals surface area contributed by atoms with Gasteiger partial charge in [-0.1, -0.05) is 6.42 Å². The number of nitrogens with zero attached hydrogens (tertiary/aromatic N) is 2. The fraction of sp³-hybridized carbons (Fsp3) is 0.538. The number of hydrogen-bond acceptors (Lipinski definition) is 2. The SMILES string of the molecule is CC(C)(C#N)CCCCn1cc(Br)cc(Br)c1=O. The molecule has 0 atom stereocenters. The average Bonchev–Trinajstić information content (AvgIpc) is 2.30. The molecule has 0 fully saturated rings. The maximum Gasteiger partial charge on any atom is 0.264 e. The highest BCUT2D eigenvalue weighted by Crippen LogP contribution is 2.22. The summed E-state index contributed by atoms with van der Waals surface area (Å²) < 4.78 is 3.13. The summed E-state index contributed by atoms with van der Waals surface area (Å²) in [6.45, 7) is 4.56. The quantitative estimate of drug-likeness (QED) is 0.727. The van der Waals surface area contributed by atoms with E-state index in [1.165, 1.54) is 0 Å². The second-order valence-corrected chi connectivity index (χ2v) is 6.73. The van der Waals surface area contributed by atoms with Crippen LogP contribution in [0.5, 0.6) is 0 Å². The van der Waals surface area contributed by atoms with E-state index in [4.69, 9.17) is 5.26 Å². The summed E-state index contributed by atoms with van der Waals surface area (Å²) >= 11 is 6.61. The first-order valence-corrected chi connectivity index (χ1v) is 7.41. The predicted molar refractivity (Wildman–Crippen MR) is 79.3 cm³/mol. The van der Waals surface area contributed by atoms with Gasteiger partial charge < -0.3 is 4.57 Å². The van der Waals surface area contributed by atoms with Gasteiger partial charge in [-0.15, -0.1) is 0 Å². The molecule has 0 N–H and O–H groups in total. The Kier molecular flexibility index (Phi) is 5.61. The summed E-state index contributed by atoms with van der Waals surface area (Å²) in [6, 6.07) is 4.03. The van der Waals surface area contributed by atoms with Crippen LogP contribution < -0.4 is 5.56 Å². The molecule has 1 heterocycles. The van der Waals surface area contributed by atoms with Gasteiger partial charge >= 0.3 is 0 Å². The molecule has 0 bridgehead atoms. The van der Waals surface area contributed by atoms with Crippen LogP contribution in [0.3, 0.4) is 0 Å². The molecule has 0 aliphatic rings. The maximum absolute atomic E-state index is 11.8. The Labute approximate surface area is 124 Å². The molecule has 0 aliphatic heterocycles. The van der Waals surface area contributed by atoms with E-state index in [0.717, 1.165) is 23.7 Å². The molecule has 3 nitrogen and oxygen atoms in total. The molecule has 0 aliphatic carbocycles. The van der Waals surface area contributed by atoms with Gasteiger partial charge in [-0.2, -0.15) is 5.26 Å². The third-order valence-corrected chi connectivity index (χ3v) is 3.76. The van der Waals surface area contributed by atoms with E-state index >= 15 is 0 Å². The molecule has 1 aromatic heterocycles. The zero-order valence-corrected chi connectivity index (χ0v) is 13.7. The second-order valence-electron chi connectivity index (χ2n) is 4.96. The fourth-order valence-corrected chi connectivity index (χ4v) is 2.89. The lowest BCUT2D eigenvalue weighted by Crippen LogP contribution is -2.20. The zero-order valence-electron chi connectivity index (χ0n) is 10.5. The monoisotopic (exact) mass is 374 g/mol. The molecule has 0 amide bonds. The Morgan fingerprint density at radius 2 is 2.06 bits per heavy atom. The summed E-state index contributed by atoms with van der Waals surface area (Å²) in [6.07, 6.45) is 4.49. The van der Waals surface area contributed by atoms with Crippen molar-refractivity contribution in [3.63, 3.8) is 0 Å². The Hall–Kier alpha value is -0.600. The highest BCUT2D eigenvalue weighted by Gasteiger charge is 2.15. The van der Waals surface area contributed by atoms with Crippen LogP contribution in [0.2, 0.25) is 0 Å². The standard InChI is InChI=1S/C13H16Br2N2O/c1-13(2,9-16)5-3-4-6-17-8-10(14)7-11(15)12(17)18/h7-8H,3-6H2,1-2H3. The van der Waals surface area contributed by atoms with Crippen molar-refractivity contribution in [2.24, 2.45) is 5.41 Å². The maximum atomic E-state index is 11.8. The van der Waals surface area contributed by atoms with E-state index in [1.807, 2.05) is 13.8 Å². The smallest absolute Gasteiger partial charge is 0.264 e. The summed E-state index contributed by atoms with van der Waals surface area (Å²) in [5, 5.41) is 8.91. The topological polar surface area (TPSA) is 45.8 Å². The van der Waals surface area contributed by atoms with Gasteiger partial charge in [-0.25, -0.2) is 0 Å². The summed E-state index contributed by atoms with van der Waals surface area (Å²) in [7, 11) is 0. The Bertz CT molecular complexity index is 515. The van der Waals surface area contributed by atoms with Crippen LogP contribution in [0.1, 0.15) is 33.1 Å². The molecule has 18 heavy (non-hydrogen) atoms. The molecular formula is C13H16Br2N2O. The van der Waals surface area contributed by atoms with E-state index in [1.54, 1.807) is 16.8 Å². The molecule has 0 saturated carbocycles. The van der Waals surface area contributed by atoms with Crippen LogP contribution in [0, 0.1) is 16.7 Å². The number of aryl methyl sites for hydroxylation is 1. The van der Waals surface area contributed by atoms with Gasteiger partial charge in [0.2, 0.25) is 0 Å². The van der Waals surface area contributed by atoms with E-state index in [2.05, 4.69) is 37.9 Å². The first kappa shape index (κ1) is 15.5. The third-order valence-electron chi connectivity index (χ3n) is 2.76. The molecule has 1 aromatic rings. The largest absolute Gasteiger partial charge is 0.313 e. The Balaban J connectivity index is 2.56. The minimum Gasteiger partial charge on any atom is -0.313 e. The van der Waals surface area contributed by atoms with Gasteiger partial charge in [0, 0.05) is 17.2 Å². The van der Waals surface area contributed by atoms with E-state index in [0.29, 0.717) is 11.0 Å². The number of halogens is 2. The predicted octanol–water partition coefficient (Wildman–Crippen LogP) is 4.09. The van der Waals surface area contributed by atoms with Gasteiger partial charge in [0.25, 0.3) is 5.56 Å². The van der Waals surface area contributed by atoms with Gasteiger partial charge in [-0.05, 0) is 64.6 Å². The van der Waals surface area contributed by atoms with Crippen LogP contribution in [-0.4, -0.2) is 4.57 Å². The van der Waals surface area contributed by atoms with Crippen LogP contribution in [-0.2, 0) is 6.54 Å². The molecule has 0 unspecified atom stereocenters.